The molecular weight excluding hydrogens is 461 g/mol. The molecule has 0 atom stereocenters. The van der Waals surface area contributed by atoms with Crippen molar-refractivity contribution in [3.63, 3.8) is 0 Å². The van der Waals surface area contributed by atoms with Crippen molar-refractivity contribution >= 4 is 0 Å². The Bertz CT molecular complexity index is 1140. The van der Waals surface area contributed by atoms with E-state index in [1.54, 1.807) is 48.5 Å². The summed E-state index contributed by atoms with van der Waals surface area (Å²) in [5, 5.41) is 0. The summed E-state index contributed by atoms with van der Waals surface area (Å²) in [7, 11) is 1.49. The number of methoxy groups -OCH3 is 1. The van der Waals surface area contributed by atoms with Gasteiger partial charge >= 0.3 is 0 Å². The SMILES string of the molecule is CCCCCC1CCC(c2ccc(COc3ccc(-c4ccc(OC)cc4F)cc3)c(F)c2F)CC1. The summed E-state index contributed by atoms with van der Waals surface area (Å²) >= 11 is 0. The van der Waals surface area contributed by atoms with Gasteiger partial charge in [-0.2, -0.15) is 0 Å². The van der Waals surface area contributed by atoms with Gasteiger partial charge in [-0.3, -0.25) is 0 Å². The predicted octanol–water partition coefficient (Wildman–Crippen LogP) is 9.21. The smallest absolute Gasteiger partial charge is 0.165 e. The molecule has 0 spiro atoms. The molecule has 0 unspecified atom stereocenters. The number of hydrogen-bond acceptors (Lipinski definition) is 2. The molecule has 0 bridgehead atoms. The minimum atomic E-state index is -0.825. The van der Waals surface area contributed by atoms with Crippen LogP contribution in [0.25, 0.3) is 11.1 Å². The van der Waals surface area contributed by atoms with Crippen LogP contribution in [0.15, 0.2) is 54.6 Å². The van der Waals surface area contributed by atoms with Crippen LogP contribution in [-0.2, 0) is 6.61 Å². The Morgan fingerprint density at radius 2 is 1.53 bits per heavy atom. The maximum atomic E-state index is 15.0. The Balaban J connectivity index is 1.35. The first-order valence-electron chi connectivity index (χ1n) is 13.0. The van der Waals surface area contributed by atoms with Gasteiger partial charge in [-0.25, -0.2) is 13.2 Å². The highest BCUT2D eigenvalue weighted by atomic mass is 19.2. The maximum Gasteiger partial charge on any atom is 0.165 e. The highest BCUT2D eigenvalue weighted by molar-refractivity contribution is 5.65. The topological polar surface area (TPSA) is 18.5 Å². The predicted molar refractivity (Wildman–Crippen MR) is 138 cm³/mol. The van der Waals surface area contributed by atoms with Crippen molar-refractivity contribution in [2.75, 3.05) is 7.11 Å². The zero-order valence-electron chi connectivity index (χ0n) is 21.2. The van der Waals surface area contributed by atoms with Gasteiger partial charge in [0.15, 0.2) is 11.6 Å². The highest BCUT2D eigenvalue weighted by Crippen LogP contribution is 2.39. The van der Waals surface area contributed by atoms with Crippen LogP contribution < -0.4 is 9.47 Å². The number of halogens is 3. The van der Waals surface area contributed by atoms with Gasteiger partial charge in [0.1, 0.15) is 23.9 Å². The molecule has 1 saturated carbocycles. The Labute approximate surface area is 212 Å². The second-order valence-corrected chi connectivity index (χ2v) is 9.81. The standard InChI is InChI=1S/C31H35F3O2/c1-3-4-5-6-21-7-9-23(10-8-21)28-17-13-24(30(33)31(28)34)20-36-25-14-11-22(12-15-25)27-18-16-26(35-2)19-29(27)32/h11-19,21,23H,3-10,20H2,1-2H3. The number of hydrogen-bond donors (Lipinski definition) is 0. The number of benzene rings is 3. The van der Waals surface area contributed by atoms with E-state index in [4.69, 9.17) is 9.47 Å². The third-order valence-electron chi connectivity index (χ3n) is 7.43. The summed E-state index contributed by atoms with van der Waals surface area (Å²) in [4.78, 5) is 0. The Hall–Kier alpha value is -2.95. The highest BCUT2D eigenvalue weighted by Gasteiger charge is 2.26. The summed E-state index contributed by atoms with van der Waals surface area (Å²) in [5.41, 5.74) is 1.81. The Morgan fingerprint density at radius 3 is 2.19 bits per heavy atom. The Morgan fingerprint density at radius 1 is 0.806 bits per heavy atom. The zero-order valence-corrected chi connectivity index (χ0v) is 21.2. The molecule has 0 N–H and O–H groups in total. The molecule has 0 saturated heterocycles. The van der Waals surface area contributed by atoms with Crippen molar-refractivity contribution in [3.05, 3.63) is 83.2 Å². The number of ether oxygens (including phenoxy) is 2. The molecule has 192 valence electrons. The average molecular weight is 497 g/mol. The molecule has 0 aromatic heterocycles. The van der Waals surface area contributed by atoms with Crippen LogP contribution in [0, 0.1) is 23.4 Å². The summed E-state index contributed by atoms with van der Waals surface area (Å²) in [6.45, 7) is 2.13. The molecule has 2 nitrogen and oxygen atoms in total. The van der Waals surface area contributed by atoms with Gasteiger partial charge in [-0.15, -0.1) is 0 Å². The van der Waals surface area contributed by atoms with E-state index in [1.807, 2.05) is 0 Å². The van der Waals surface area contributed by atoms with Crippen LogP contribution in [0.1, 0.15) is 75.3 Å². The lowest BCUT2D eigenvalue weighted by Gasteiger charge is -2.29. The largest absolute Gasteiger partial charge is 0.497 e. The fourth-order valence-corrected chi connectivity index (χ4v) is 5.23. The normalized spacial score (nSPS) is 17.7. The van der Waals surface area contributed by atoms with Gasteiger partial charge in [-0.05, 0) is 72.9 Å². The molecule has 3 aromatic rings. The first-order chi connectivity index (χ1) is 17.5. The number of unbranched alkanes of at least 4 members (excludes halogenated alkanes) is 2. The van der Waals surface area contributed by atoms with Gasteiger partial charge in [0, 0.05) is 17.2 Å². The van der Waals surface area contributed by atoms with E-state index in [0.717, 1.165) is 31.6 Å². The first-order valence-corrected chi connectivity index (χ1v) is 13.0. The molecule has 1 aliphatic rings. The van der Waals surface area contributed by atoms with Gasteiger partial charge in [0.05, 0.1) is 7.11 Å². The lowest BCUT2D eigenvalue weighted by Crippen LogP contribution is -2.15. The quantitative estimate of drug-likeness (QED) is 0.261. The van der Waals surface area contributed by atoms with Crippen molar-refractivity contribution in [3.8, 4) is 22.6 Å². The molecule has 1 aliphatic carbocycles. The molecular formula is C31H35F3O2. The van der Waals surface area contributed by atoms with Crippen molar-refractivity contribution in [2.45, 2.75) is 70.8 Å². The molecule has 0 amide bonds. The number of rotatable bonds is 10. The summed E-state index contributed by atoms with van der Waals surface area (Å²) in [6.07, 6.45) is 9.05. The fraction of sp³-hybridized carbons (Fsp3) is 0.419. The second kappa shape index (κ2) is 12.3. The summed E-state index contributed by atoms with van der Waals surface area (Å²) in [6, 6.07) is 14.9. The molecule has 36 heavy (non-hydrogen) atoms. The van der Waals surface area contributed by atoms with Crippen LogP contribution in [0.3, 0.4) is 0 Å². The van der Waals surface area contributed by atoms with Crippen LogP contribution in [0.5, 0.6) is 11.5 Å². The third-order valence-corrected chi connectivity index (χ3v) is 7.43. The molecule has 3 aromatic carbocycles. The Kier molecular flexibility index (Phi) is 8.95. The van der Waals surface area contributed by atoms with Crippen molar-refractivity contribution < 1.29 is 22.6 Å². The minimum Gasteiger partial charge on any atom is -0.497 e. The van der Waals surface area contributed by atoms with Crippen molar-refractivity contribution in [1.29, 1.82) is 0 Å². The summed E-state index contributed by atoms with van der Waals surface area (Å²) in [5.74, 6) is -0.190. The van der Waals surface area contributed by atoms with E-state index >= 15 is 0 Å². The van der Waals surface area contributed by atoms with Gasteiger partial charge in [-0.1, -0.05) is 56.9 Å². The van der Waals surface area contributed by atoms with Gasteiger partial charge < -0.3 is 9.47 Å². The van der Waals surface area contributed by atoms with E-state index in [-0.39, 0.29) is 23.9 Å². The van der Waals surface area contributed by atoms with Crippen LogP contribution in [0.2, 0.25) is 0 Å². The van der Waals surface area contributed by atoms with Gasteiger partial charge in [0.2, 0.25) is 0 Å². The summed E-state index contributed by atoms with van der Waals surface area (Å²) < 4.78 is 55.0. The van der Waals surface area contributed by atoms with E-state index < -0.39 is 11.6 Å². The minimum absolute atomic E-state index is 0.0799. The van der Waals surface area contributed by atoms with Crippen LogP contribution in [-0.4, -0.2) is 7.11 Å². The van der Waals surface area contributed by atoms with Crippen molar-refractivity contribution in [2.24, 2.45) is 5.92 Å². The zero-order chi connectivity index (χ0) is 25.5. The average Bonchev–Trinajstić information content (AvgIpc) is 2.90. The molecule has 4 rings (SSSR count). The van der Waals surface area contributed by atoms with Crippen LogP contribution in [0.4, 0.5) is 13.2 Å². The second-order valence-electron chi connectivity index (χ2n) is 9.81. The van der Waals surface area contributed by atoms with E-state index in [0.29, 0.717) is 28.2 Å². The van der Waals surface area contributed by atoms with Gasteiger partial charge in [0.25, 0.3) is 0 Å². The molecule has 0 radical (unpaired) electrons. The molecule has 5 heteroatoms. The maximum absolute atomic E-state index is 15.0. The molecule has 0 aliphatic heterocycles. The molecule has 0 heterocycles. The van der Waals surface area contributed by atoms with Crippen molar-refractivity contribution in [1.82, 2.24) is 0 Å². The van der Waals surface area contributed by atoms with Crippen LogP contribution >= 0.6 is 0 Å². The molecule has 1 fully saturated rings. The van der Waals surface area contributed by atoms with E-state index in [2.05, 4.69) is 6.92 Å². The van der Waals surface area contributed by atoms with E-state index in [1.165, 1.54) is 38.9 Å². The first kappa shape index (κ1) is 26.1. The van der Waals surface area contributed by atoms with E-state index in [9.17, 15) is 13.2 Å². The lowest BCUT2D eigenvalue weighted by atomic mass is 9.76. The monoisotopic (exact) mass is 496 g/mol. The lowest BCUT2D eigenvalue weighted by molar-refractivity contribution is 0.290. The third kappa shape index (κ3) is 6.24. The fourth-order valence-electron chi connectivity index (χ4n) is 5.23.